The molecule has 0 heterocycles. The number of esters is 1. The van der Waals surface area contributed by atoms with Gasteiger partial charge in [0.2, 0.25) is 0 Å². The molecule has 0 bridgehead atoms. The van der Waals surface area contributed by atoms with Crippen LogP contribution in [0.2, 0.25) is 0 Å². The van der Waals surface area contributed by atoms with E-state index >= 15 is 0 Å². The summed E-state index contributed by atoms with van der Waals surface area (Å²) in [4.78, 5) is 13.4. The van der Waals surface area contributed by atoms with Gasteiger partial charge in [0.05, 0.1) is 13.2 Å². The zero-order valence-corrected chi connectivity index (χ0v) is 13.1. The predicted octanol–water partition coefficient (Wildman–Crippen LogP) is 2.33. The van der Waals surface area contributed by atoms with Crippen molar-refractivity contribution in [2.75, 3.05) is 19.7 Å². The van der Waals surface area contributed by atoms with E-state index in [-0.39, 0.29) is 25.2 Å². The van der Waals surface area contributed by atoms with E-state index in [0.29, 0.717) is 0 Å². The Balaban J connectivity index is 2.82. The molecule has 21 heavy (non-hydrogen) atoms. The second-order valence-corrected chi connectivity index (χ2v) is 6.09. The average molecular weight is 310 g/mol. The monoisotopic (exact) mass is 310 g/mol. The lowest BCUT2D eigenvalue weighted by molar-refractivity contribution is -0.161. The minimum absolute atomic E-state index is 0.0283. The van der Waals surface area contributed by atoms with E-state index in [1.165, 1.54) is 4.90 Å². The van der Waals surface area contributed by atoms with Crippen LogP contribution in [0.5, 0.6) is 0 Å². The SMILES string of the molecule is CCOC(=O)C(C)(CN(CC(F)(F)F)C(C)C)NC1CC1. The van der Waals surface area contributed by atoms with Gasteiger partial charge in [-0.15, -0.1) is 0 Å². The van der Waals surface area contributed by atoms with E-state index in [1.807, 2.05) is 0 Å². The number of rotatable bonds is 8. The molecule has 0 spiro atoms. The van der Waals surface area contributed by atoms with Gasteiger partial charge in [-0.25, -0.2) is 0 Å². The summed E-state index contributed by atoms with van der Waals surface area (Å²) in [5, 5.41) is 3.14. The van der Waals surface area contributed by atoms with Gasteiger partial charge in [-0.2, -0.15) is 13.2 Å². The molecule has 0 radical (unpaired) electrons. The van der Waals surface area contributed by atoms with Crippen LogP contribution in [-0.4, -0.2) is 54.4 Å². The molecule has 1 unspecified atom stereocenters. The maximum Gasteiger partial charge on any atom is 0.401 e. The number of ether oxygens (including phenoxy) is 1. The molecule has 124 valence electrons. The highest BCUT2D eigenvalue weighted by molar-refractivity contribution is 5.80. The molecule has 1 aliphatic rings. The first-order chi connectivity index (χ1) is 9.57. The highest BCUT2D eigenvalue weighted by Gasteiger charge is 2.43. The molecule has 1 aliphatic carbocycles. The standard InChI is InChI=1S/C14H25F3N2O2/c1-5-21-12(20)13(4,18-11-6-7-11)8-19(10(2)3)9-14(15,16)17/h10-11,18H,5-9H2,1-4H3. The molecule has 1 fully saturated rings. The summed E-state index contributed by atoms with van der Waals surface area (Å²) in [6, 6.07) is -0.124. The Morgan fingerprint density at radius 2 is 1.90 bits per heavy atom. The maximum absolute atomic E-state index is 12.7. The molecular weight excluding hydrogens is 285 g/mol. The summed E-state index contributed by atoms with van der Waals surface area (Å²) in [7, 11) is 0. The van der Waals surface area contributed by atoms with Crippen molar-refractivity contribution in [2.45, 2.75) is 64.3 Å². The minimum atomic E-state index is -4.29. The van der Waals surface area contributed by atoms with Gasteiger partial charge in [-0.3, -0.25) is 15.0 Å². The fourth-order valence-corrected chi connectivity index (χ4v) is 2.20. The summed E-state index contributed by atoms with van der Waals surface area (Å²) in [6.07, 6.45) is -2.41. The topological polar surface area (TPSA) is 41.6 Å². The molecule has 1 rings (SSSR count). The van der Waals surface area contributed by atoms with Crippen molar-refractivity contribution in [3.63, 3.8) is 0 Å². The lowest BCUT2D eigenvalue weighted by Gasteiger charge is -2.37. The van der Waals surface area contributed by atoms with Gasteiger partial charge < -0.3 is 4.74 Å². The summed E-state index contributed by atoms with van der Waals surface area (Å²) >= 11 is 0. The van der Waals surface area contributed by atoms with Crippen molar-refractivity contribution >= 4 is 5.97 Å². The number of alkyl halides is 3. The fourth-order valence-electron chi connectivity index (χ4n) is 2.20. The predicted molar refractivity (Wildman–Crippen MR) is 74.0 cm³/mol. The third-order valence-electron chi connectivity index (χ3n) is 3.46. The number of hydrogen-bond acceptors (Lipinski definition) is 4. The lowest BCUT2D eigenvalue weighted by atomic mass is 10.0. The van der Waals surface area contributed by atoms with Crippen molar-refractivity contribution in [3.05, 3.63) is 0 Å². The Labute approximate surface area is 124 Å². The summed E-state index contributed by atoms with van der Waals surface area (Å²) in [5.41, 5.74) is -1.12. The Hall–Kier alpha value is -0.820. The number of nitrogens with zero attached hydrogens (tertiary/aromatic N) is 1. The Morgan fingerprint density at radius 1 is 1.33 bits per heavy atom. The highest BCUT2D eigenvalue weighted by atomic mass is 19.4. The average Bonchev–Trinajstić information content (AvgIpc) is 3.10. The lowest BCUT2D eigenvalue weighted by Crippen LogP contribution is -2.60. The third-order valence-corrected chi connectivity index (χ3v) is 3.46. The largest absolute Gasteiger partial charge is 0.465 e. The molecule has 1 N–H and O–H groups in total. The zero-order valence-electron chi connectivity index (χ0n) is 13.1. The van der Waals surface area contributed by atoms with Crippen LogP contribution in [-0.2, 0) is 9.53 Å². The number of nitrogens with one attached hydrogen (secondary N) is 1. The van der Waals surface area contributed by atoms with Crippen LogP contribution in [0.25, 0.3) is 0 Å². The third kappa shape index (κ3) is 6.22. The first kappa shape index (κ1) is 18.2. The van der Waals surface area contributed by atoms with Gasteiger partial charge in [-0.1, -0.05) is 0 Å². The molecule has 0 aromatic carbocycles. The van der Waals surface area contributed by atoms with Crippen LogP contribution in [0.1, 0.15) is 40.5 Å². The van der Waals surface area contributed by atoms with Gasteiger partial charge in [0, 0.05) is 18.6 Å². The number of carbonyl (C=O) groups excluding carboxylic acids is 1. The van der Waals surface area contributed by atoms with Gasteiger partial charge in [0.1, 0.15) is 5.54 Å². The van der Waals surface area contributed by atoms with E-state index in [0.717, 1.165) is 12.8 Å². The second-order valence-electron chi connectivity index (χ2n) is 6.09. The first-order valence-corrected chi connectivity index (χ1v) is 7.33. The Bertz CT molecular complexity index is 357. The van der Waals surface area contributed by atoms with Crippen LogP contribution < -0.4 is 5.32 Å². The molecule has 0 amide bonds. The van der Waals surface area contributed by atoms with Crippen molar-refractivity contribution in [1.82, 2.24) is 10.2 Å². The fraction of sp³-hybridized carbons (Fsp3) is 0.929. The Kier molecular flexibility index (Phi) is 6.04. The highest BCUT2D eigenvalue weighted by Crippen LogP contribution is 2.26. The molecule has 1 atom stereocenters. The van der Waals surface area contributed by atoms with Gasteiger partial charge >= 0.3 is 12.1 Å². The van der Waals surface area contributed by atoms with Gasteiger partial charge in [0.25, 0.3) is 0 Å². The second kappa shape index (κ2) is 6.96. The van der Waals surface area contributed by atoms with E-state index in [1.54, 1.807) is 27.7 Å². The molecular formula is C14H25F3N2O2. The van der Waals surface area contributed by atoms with Crippen LogP contribution in [0.3, 0.4) is 0 Å². The van der Waals surface area contributed by atoms with Crippen molar-refractivity contribution in [1.29, 1.82) is 0 Å². The minimum Gasteiger partial charge on any atom is -0.465 e. The number of carbonyl (C=O) groups is 1. The molecule has 1 saturated carbocycles. The smallest absolute Gasteiger partial charge is 0.401 e. The summed E-state index contributed by atoms with van der Waals surface area (Å²) in [5.74, 6) is -0.496. The van der Waals surface area contributed by atoms with Crippen LogP contribution in [0, 0.1) is 0 Å². The van der Waals surface area contributed by atoms with E-state index in [2.05, 4.69) is 5.32 Å². The number of halogens is 3. The summed E-state index contributed by atoms with van der Waals surface area (Å²) < 4.78 is 43.1. The quantitative estimate of drug-likeness (QED) is 0.699. The molecule has 0 aromatic heterocycles. The van der Waals surface area contributed by atoms with Crippen LogP contribution in [0.15, 0.2) is 0 Å². The molecule has 4 nitrogen and oxygen atoms in total. The van der Waals surface area contributed by atoms with Crippen molar-refractivity contribution in [3.8, 4) is 0 Å². The van der Waals surface area contributed by atoms with E-state index in [9.17, 15) is 18.0 Å². The molecule has 0 saturated heterocycles. The van der Waals surface area contributed by atoms with Gasteiger partial charge in [-0.05, 0) is 40.5 Å². The Morgan fingerprint density at radius 3 is 2.29 bits per heavy atom. The van der Waals surface area contributed by atoms with E-state index < -0.39 is 24.2 Å². The molecule has 7 heteroatoms. The zero-order chi connectivity index (χ0) is 16.3. The maximum atomic E-state index is 12.7. The van der Waals surface area contributed by atoms with E-state index in [4.69, 9.17) is 4.74 Å². The van der Waals surface area contributed by atoms with Gasteiger partial charge in [0.15, 0.2) is 0 Å². The summed E-state index contributed by atoms with van der Waals surface area (Å²) in [6.45, 7) is 5.83. The van der Waals surface area contributed by atoms with Crippen LogP contribution >= 0.6 is 0 Å². The molecule has 0 aliphatic heterocycles. The van der Waals surface area contributed by atoms with Crippen LogP contribution in [0.4, 0.5) is 13.2 Å². The molecule has 0 aromatic rings. The first-order valence-electron chi connectivity index (χ1n) is 7.33. The van der Waals surface area contributed by atoms with Crippen molar-refractivity contribution in [2.24, 2.45) is 0 Å². The normalized spacial score (nSPS) is 18.9. The van der Waals surface area contributed by atoms with Crippen molar-refractivity contribution < 1.29 is 22.7 Å². The number of hydrogen-bond donors (Lipinski definition) is 1.